The van der Waals surface area contributed by atoms with Crippen molar-refractivity contribution in [2.45, 2.75) is 23.6 Å². The Morgan fingerprint density at radius 2 is 1.88 bits per heavy atom. The molecule has 3 aromatic heterocycles. The van der Waals surface area contributed by atoms with Crippen molar-refractivity contribution >= 4 is 39.2 Å². The van der Waals surface area contributed by atoms with Gasteiger partial charge in [0.25, 0.3) is 5.91 Å². The highest BCUT2D eigenvalue weighted by atomic mass is 32.2. The van der Waals surface area contributed by atoms with Crippen LogP contribution < -0.4 is 5.32 Å². The highest BCUT2D eigenvalue weighted by molar-refractivity contribution is 8.00. The number of fused-ring (bicyclic) bond motifs is 1. The summed E-state index contributed by atoms with van der Waals surface area (Å²) in [7, 11) is 0. The molecule has 5 rings (SSSR count). The zero-order valence-electron chi connectivity index (χ0n) is 17.9. The molecule has 0 radical (unpaired) electrons. The molecule has 0 saturated carbocycles. The number of pyridine rings is 1. The topological polar surface area (TPSA) is 72.7 Å². The van der Waals surface area contributed by atoms with Gasteiger partial charge in [-0.05, 0) is 54.4 Å². The van der Waals surface area contributed by atoms with Gasteiger partial charge in [-0.25, -0.2) is 15.0 Å². The molecule has 3 heterocycles. The van der Waals surface area contributed by atoms with Gasteiger partial charge in [-0.3, -0.25) is 9.36 Å². The molecule has 33 heavy (non-hydrogen) atoms. The number of nitrogens with one attached hydrogen (secondary N) is 1. The number of amides is 1. The van der Waals surface area contributed by atoms with Crippen LogP contribution in [0.3, 0.4) is 0 Å². The number of nitrogens with zero attached hydrogens (tertiary/aromatic N) is 4. The molecule has 1 N–H and O–H groups in total. The van der Waals surface area contributed by atoms with Gasteiger partial charge in [0.2, 0.25) is 0 Å². The molecule has 0 aliphatic heterocycles. The number of carbonyl (C=O) groups excluding carboxylic acids is 1. The van der Waals surface area contributed by atoms with Gasteiger partial charge in [-0.2, -0.15) is 0 Å². The molecule has 2 aromatic carbocycles. The summed E-state index contributed by atoms with van der Waals surface area (Å²) in [6.45, 7) is 2.36. The Kier molecular flexibility index (Phi) is 6.19. The largest absolute Gasteiger partial charge is 0.348 e. The van der Waals surface area contributed by atoms with Crippen LogP contribution in [0.2, 0.25) is 0 Å². The average molecular weight is 472 g/mol. The molecule has 0 spiro atoms. The number of hydrogen-bond donors (Lipinski definition) is 1. The van der Waals surface area contributed by atoms with E-state index in [4.69, 9.17) is 0 Å². The van der Waals surface area contributed by atoms with Crippen molar-refractivity contribution in [1.82, 2.24) is 24.8 Å². The van der Waals surface area contributed by atoms with E-state index in [-0.39, 0.29) is 5.91 Å². The SMILES string of the molecule is Cc1nccn1-c1cc(CNC(=O)c2ccc(CSc3nc4ccccc4s3)cc2)ccn1. The molecule has 0 saturated heterocycles. The summed E-state index contributed by atoms with van der Waals surface area (Å²) >= 11 is 3.42. The number of hydrogen-bond acceptors (Lipinski definition) is 6. The molecule has 6 nitrogen and oxygen atoms in total. The van der Waals surface area contributed by atoms with Crippen molar-refractivity contribution in [1.29, 1.82) is 0 Å². The molecule has 1 amide bonds. The van der Waals surface area contributed by atoms with Gasteiger partial charge in [0.15, 0.2) is 4.34 Å². The number of aromatic nitrogens is 4. The number of thiazole rings is 1. The Labute approximate surface area is 199 Å². The van der Waals surface area contributed by atoms with Crippen LogP contribution in [0.5, 0.6) is 0 Å². The van der Waals surface area contributed by atoms with E-state index < -0.39 is 0 Å². The summed E-state index contributed by atoms with van der Waals surface area (Å²) in [5, 5.41) is 2.99. The molecule has 0 bridgehead atoms. The molecule has 0 atom stereocenters. The van der Waals surface area contributed by atoms with Crippen LogP contribution in [0.25, 0.3) is 16.0 Å². The van der Waals surface area contributed by atoms with E-state index in [0.29, 0.717) is 12.1 Å². The van der Waals surface area contributed by atoms with E-state index in [0.717, 1.165) is 38.4 Å². The monoisotopic (exact) mass is 471 g/mol. The zero-order chi connectivity index (χ0) is 22.6. The van der Waals surface area contributed by atoms with Crippen molar-refractivity contribution in [3.8, 4) is 5.82 Å². The summed E-state index contributed by atoms with van der Waals surface area (Å²) in [5.41, 5.74) is 3.82. The number of carbonyl (C=O) groups is 1. The Morgan fingerprint density at radius 1 is 1.03 bits per heavy atom. The molecular formula is C25H21N5OS2. The van der Waals surface area contributed by atoms with E-state index in [1.807, 2.05) is 72.3 Å². The summed E-state index contributed by atoms with van der Waals surface area (Å²) < 4.78 is 4.17. The lowest BCUT2D eigenvalue weighted by atomic mass is 10.1. The second-order valence-electron chi connectivity index (χ2n) is 7.48. The third-order valence-electron chi connectivity index (χ3n) is 5.19. The van der Waals surface area contributed by atoms with Crippen molar-refractivity contribution in [2.75, 3.05) is 0 Å². The van der Waals surface area contributed by atoms with E-state index in [9.17, 15) is 4.79 Å². The fourth-order valence-corrected chi connectivity index (χ4v) is 5.44. The highest BCUT2D eigenvalue weighted by Gasteiger charge is 2.08. The molecular weight excluding hydrogens is 450 g/mol. The maximum absolute atomic E-state index is 12.6. The first-order valence-corrected chi connectivity index (χ1v) is 12.3. The maximum Gasteiger partial charge on any atom is 0.251 e. The van der Waals surface area contributed by atoms with E-state index in [1.165, 1.54) is 4.70 Å². The normalized spacial score (nSPS) is 11.1. The number of rotatable bonds is 7. The third-order valence-corrected chi connectivity index (χ3v) is 7.44. The fraction of sp³-hybridized carbons (Fsp3) is 0.120. The molecule has 0 unspecified atom stereocenters. The Hall–Kier alpha value is -3.49. The van der Waals surface area contributed by atoms with Crippen LogP contribution >= 0.6 is 23.1 Å². The molecule has 5 aromatic rings. The quantitative estimate of drug-likeness (QED) is 0.322. The van der Waals surface area contributed by atoms with Crippen LogP contribution in [-0.4, -0.2) is 25.4 Å². The van der Waals surface area contributed by atoms with Crippen LogP contribution in [-0.2, 0) is 12.3 Å². The third kappa shape index (κ3) is 4.97. The van der Waals surface area contributed by atoms with Crippen molar-refractivity contribution in [3.05, 3.63) is 102 Å². The molecule has 0 aliphatic rings. The summed E-state index contributed by atoms with van der Waals surface area (Å²) in [6, 6.07) is 19.8. The first-order chi connectivity index (χ1) is 16.2. The predicted octanol–water partition coefficient (Wildman–Crippen LogP) is 5.41. The number of benzene rings is 2. The average Bonchev–Trinajstić information content (AvgIpc) is 3.47. The van der Waals surface area contributed by atoms with E-state index in [2.05, 4.69) is 26.3 Å². The second kappa shape index (κ2) is 9.56. The lowest BCUT2D eigenvalue weighted by molar-refractivity contribution is 0.0951. The maximum atomic E-state index is 12.6. The van der Waals surface area contributed by atoms with E-state index >= 15 is 0 Å². The lowest BCUT2D eigenvalue weighted by Crippen LogP contribution is -2.22. The van der Waals surface area contributed by atoms with Crippen molar-refractivity contribution in [3.63, 3.8) is 0 Å². The number of para-hydroxylation sites is 1. The lowest BCUT2D eigenvalue weighted by Gasteiger charge is -2.09. The Morgan fingerprint density at radius 3 is 2.67 bits per heavy atom. The minimum atomic E-state index is -0.0995. The molecule has 164 valence electrons. The first kappa shape index (κ1) is 21.4. The van der Waals surface area contributed by atoms with Gasteiger partial charge in [0.1, 0.15) is 11.6 Å². The minimum absolute atomic E-state index is 0.0995. The number of thioether (sulfide) groups is 1. The van der Waals surface area contributed by atoms with Gasteiger partial charge < -0.3 is 5.32 Å². The number of imidazole rings is 1. The van der Waals surface area contributed by atoms with Crippen LogP contribution in [0, 0.1) is 6.92 Å². The van der Waals surface area contributed by atoms with Crippen molar-refractivity contribution < 1.29 is 4.79 Å². The zero-order valence-corrected chi connectivity index (χ0v) is 19.6. The predicted molar refractivity (Wildman–Crippen MR) is 133 cm³/mol. The number of aryl methyl sites for hydroxylation is 1. The Bertz CT molecular complexity index is 1370. The van der Waals surface area contributed by atoms with Crippen LogP contribution in [0.4, 0.5) is 0 Å². The molecule has 0 aliphatic carbocycles. The summed E-state index contributed by atoms with van der Waals surface area (Å²) in [6.07, 6.45) is 5.36. The van der Waals surface area contributed by atoms with Gasteiger partial charge in [-0.1, -0.05) is 36.0 Å². The summed E-state index contributed by atoms with van der Waals surface area (Å²) in [5.74, 6) is 2.36. The molecule has 8 heteroatoms. The van der Waals surface area contributed by atoms with Gasteiger partial charge >= 0.3 is 0 Å². The summed E-state index contributed by atoms with van der Waals surface area (Å²) in [4.78, 5) is 25.9. The van der Waals surface area contributed by atoms with Gasteiger partial charge in [0, 0.05) is 36.5 Å². The minimum Gasteiger partial charge on any atom is -0.348 e. The van der Waals surface area contributed by atoms with Crippen molar-refractivity contribution in [2.24, 2.45) is 0 Å². The first-order valence-electron chi connectivity index (χ1n) is 10.5. The fourth-order valence-electron chi connectivity index (χ4n) is 3.42. The van der Waals surface area contributed by atoms with Crippen LogP contribution in [0.1, 0.15) is 27.3 Å². The smallest absolute Gasteiger partial charge is 0.251 e. The second-order valence-corrected chi connectivity index (χ2v) is 9.74. The van der Waals surface area contributed by atoms with Crippen LogP contribution in [0.15, 0.2) is 83.6 Å². The Balaban J connectivity index is 1.17. The van der Waals surface area contributed by atoms with Gasteiger partial charge in [0.05, 0.1) is 10.2 Å². The molecule has 0 fully saturated rings. The van der Waals surface area contributed by atoms with Gasteiger partial charge in [-0.15, -0.1) is 11.3 Å². The standard InChI is InChI=1S/C25H21N5OS2/c1-17-26-12-13-30(17)23-14-19(10-11-27-23)15-28-24(31)20-8-6-18(7-9-20)16-32-25-29-21-4-2-3-5-22(21)33-25/h2-14H,15-16H2,1H3,(H,28,31). The highest BCUT2D eigenvalue weighted by Crippen LogP contribution is 2.31. The van der Waals surface area contributed by atoms with E-state index in [1.54, 1.807) is 35.5 Å².